The summed E-state index contributed by atoms with van der Waals surface area (Å²) in [7, 11) is 0. The van der Waals surface area contributed by atoms with Gasteiger partial charge in [0.15, 0.2) is 0 Å². The van der Waals surface area contributed by atoms with Gasteiger partial charge in [0.2, 0.25) is 0 Å². The zero-order valence-electron chi connectivity index (χ0n) is 7.85. The smallest absolute Gasteiger partial charge is 0.150 e. The summed E-state index contributed by atoms with van der Waals surface area (Å²) in [6.45, 7) is 6.12. The Bertz CT molecular complexity index is 300. The van der Waals surface area contributed by atoms with E-state index in [-0.39, 0.29) is 0 Å². The quantitative estimate of drug-likeness (QED) is 0.611. The predicted octanol–water partition coefficient (Wildman–Crippen LogP) is 2.68. The van der Waals surface area contributed by atoms with Crippen molar-refractivity contribution in [1.82, 2.24) is 0 Å². The lowest BCUT2D eigenvalue weighted by atomic mass is 9.99. The fraction of sp³-hybridized carbons (Fsp3) is 0.364. The molecule has 1 rings (SSSR count). The van der Waals surface area contributed by atoms with Crippen molar-refractivity contribution in [3.63, 3.8) is 0 Å². The van der Waals surface area contributed by atoms with E-state index in [1.165, 1.54) is 11.1 Å². The SMILES string of the molecule is CCc1cc(C)c(C)c(C=O)c1. The Hall–Kier alpha value is -1.11. The van der Waals surface area contributed by atoms with Gasteiger partial charge in [0.05, 0.1) is 0 Å². The Morgan fingerprint density at radius 1 is 1.33 bits per heavy atom. The van der Waals surface area contributed by atoms with Crippen molar-refractivity contribution in [2.45, 2.75) is 27.2 Å². The molecule has 0 heterocycles. The minimum atomic E-state index is 0.826. The van der Waals surface area contributed by atoms with Crippen molar-refractivity contribution < 1.29 is 4.79 Å². The Kier molecular flexibility index (Phi) is 2.64. The van der Waals surface area contributed by atoms with Crippen LogP contribution in [0.25, 0.3) is 0 Å². The van der Waals surface area contributed by atoms with Crippen LogP contribution in [0.5, 0.6) is 0 Å². The molecule has 0 atom stereocenters. The van der Waals surface area contributed by atoms with E-state index in [2.05, 4.69) is 13.0 Å². The summed E-state index contributed by atoms with van der Waals surface area (Å²) in [6.07, 6.45) is 1.92. The molecule has 1 aromatic rings. The lowest BCUT2D eigenvalue weighted by Crippen LogP contribution is -1.93. The standard InChI is InChI=1S/C11H14O/c1-4-10-5-8(2)9(3)11(6-10)7-12/h5-7H,4H2,1-3H3. The summed E-state index contributed by atoms with van der Waals surface area (Å²) in [5, 5.41) is 0. The molecule has 0 unspecified atom stereocenters. The second-order valence-electron chi connectivity index (χ2n) is 3.10. The second-order valence-corrected chi connectivity index (χ2v) is 3.10. The van der Waals surface area contributed by atoms with E-state index >= 15 is 0 Å². The lowest BCUT2D eigenvalue weighted by Gasteiger charge is -2.05. The molecule has 0 saturated carbocycles. The molecule has 0 fully saturated rings. The van der Waals surface area contributed by atoms with Crippen LogP contribution in [-0.4, -0.2) is 6.29 Å². The number of carbonyl (C=O) groups is 1. The van der Waals surface area contributed by atoms with E-state index < -0.39 is 0 Å². The van der Waals surface area contributed by atoms with E-state index in [9.17, 15) is 4.79 Å². The third-order valence-corrected chi connectivity index (χ3v) is 2.30. The average Bonchev–Trinajstić information content (AvgIpc) is 2.09. The maximum Gasteiger partial charge on any atom is 0.150 e. The Morgan fingerprint density at radius 3 is 2.50 bits per heavy atom. The van der Waals surface area contributed by atoms with Crippen LogP contribution in [0.3, 0.4) is 0 Å². The third-order valence-electron chi connectivity index (χ3n) is 2.30. The molecular formula is C11H14O. The van der Waals surface area contributed by atoms with Gasteiger partial charge in [-0.3, -0.25) is 4.79 Å². The lowest BCUT2D eigenvalue weighted by molar-refractivity contribution is 0.112. The summed E-state index contributed by atoms with van der Waals surface area (Å²) in [5.41, 5.74) is 4.37. The Morgan fingerprint density at radius 2 is 2.00 bits per heavy atom. The van der Waals surface area contributed by atoms with Crippen LogP contribution in [0.2, 0.25) is 0 Å². The first-order valence-corrected chi connectivity index (χ1v) is 4.24. The van der Waals surface area contributed by atoms with Gasteiger partial charge in [-0.25, -0.2) is 0 Å². The molecule has 0 aliphatic rings. The van der Waals surface area contributed by atoms with Crippen LogP contribution in [0.1, 0.15) is 34.0 Å². The van der Waals surface area contributed by atoms with Crippen LogP contribution in [0, 0.1) is 13.8 Å². The predicted molar refractivity (Wildman–Crippen MR) is 50.7 cm³/mol. The molecule has 0 N–H and O–H groups in total. The monoisotopic (exact) mass is 162 g/mol. The van der Waals surface area contributed by atoms with E-state index in [0.29, 0.717) is 0 Å². The summed E-state index contributed by atoms with van der Waals surface area (Å²) < 4.78 is 0. The maximum atomic E-state index is 10.6. The highest BCUT2D eigenvalue weighted by Crippen LogP contribution is 2.14. The number of benzene rings is 1. The van der Waals surface area contributed by atoms with Gasteiger partial charge in [0.1, 0.15) is 6.29 Å². The van der Waals surface area contributed by atoms with Gasteiger partial charge in [-0.15, -0.1) is 0 Å². The molecule has 0 amide bonds. The average molecular weight is 162 g/mol. The van der Waals surface area contributed by atoms with Gasteiger partial charge in [0, 0.05) is 5.56 Å². The number of hydrogen-bond acceptors (Lipinski definition) is 1. The van der Waals surface area contributed by atoms with Crippen molar-refractivity contribution in [2.75, 3.05) is 0 Å². The molecule has 0 bridgehead atoms. The second kappa shape index (κ2) is 3.53. The van der Waals surface area contributed by atoms with E-state index in [0.717, 1.165) is 23.8 Å². The fourth-order valence-electron chi connectivity index (χ4n) is 1.29. The molecule has 0 saturated heterocycles. The summed E-state index contributed by atoms with van der Waals surface area (Å²) >= 11 is 0. The first kappa shape index (κ1) is 8.98. The van der Waals surface area contributed by atoms with Gasteiger partial charge >= 0.3 is 0 Å². The first-order chi connectivity index (χ1) is 5.69. The molecule has 0 spiro atoms. The van der Waals surface area contributed by atoms with Gasteiger partial charge in [-0.1, -0.05) is 13.0 Å². The highest BCUT2D eigenvalue weighted by molar-refractivity contribution is 5.78. The molecular weight excluding hydrogens is 148 g/mol. The number of aldehydes is 1. The number of hydrogen-bond donors (Lipinski definition) is 0. The highest BCUT2D eigenvalue weighted by atomic mass is 16.1. The van der Waals surface area contributed by atoms with Crippen molar-refractivity contribution in [3.8, 4) is 0 Å². The van der Waals surface area contributed by atoms with Crippen LogP contribution in [0.4, 0.5) is 0 Å². The van der Waals surface area contributed by atoms with Gasteiger partial charge in [-0.05, 0) is 43.0 Å². The molecule has 0 aliphatic carbocycles. The van der Waals surface area contributed by atoms with Crippen molar-refractivity contribution in [3.05, 3.63) is 34.4 Å². The minimum absolute atomic E-state index is 0.826. The van der Waals surface area contributed by atoms with Crippen molar-refractivity contribution >= 4 is 6.29 Å². The van der Waals surface area contributed by atoms with Gasteiger partial charge in [0.25, 0.3) is 0 Å². The summed E-state index contributed by atoms with van der Waals surface area (Å²) in [4.78, 5) is 10.6. The van der Waals surface area contributed by atoms with Crippen molar-refractivity contribution in [2.24, 2.45) is 0 Å². The van der Waals surface area contributed by atoms with Gasteiger partial charge < -0.3 is 0 Å². The topological polar surface area (TPSA) is 17.1 Å². The zero-order valence-corrected chi connectivity index (χ0v) is 7.85. The molecule has 0 aromatic heterocycles. The number of rotatable bonds is 2. The van der Waals surface area contributed by atoms with Crippen molar-refractivity contribution in [1.29, 1.82) is 0 Å². The number of aryl methyl sites for hydroxylation is 2. The van der Waals surface area contributed by atoms with Crippen LogP contribution in [0.15, 0.2) is 12.1 Å². The molecule has 0 aliphatic heterocycles. The summed E-state index contributed by atoms with van der Waals surface area (Å²) in [5.74, 6) is 0. The van der Waals surface area contributed by atoms with Crippen LogP contribution >= 0.6 is 0 Å². The largest absolute Gasteiger partial charge is 0.298 e. The van der Waals surface area contributed by atoms with Gasteiger partial charge in [-0.2, -0.15) is 0 Å². The molecule has 1 nitrogen and oxygen atoms in total. The normalized spacial score (nSPS) is 9.92. The molecule has 1 aromatic carbocycles. The number of carbonyl (C=O) groups excluding carboxylic acids is 1. The van der Waals surface area contributed by atoms with E-state index in [1.807, 2.05) is 19.9 Å². The first-order valence-electron chi connectivity index (χ1n) is 4.24. The Labute approximate surface area is 73.4 Å². The third kappa shape index (κ3) is 1.55. The molecule has 1 heteroatoms. The maximum absolute atomic E-state index is 10.6. The Balaban J connectivity index is 3.28. The van der Waals surface area contributed by atoms with Crippen LogP contribution in [-0.2, 0) is 6.42 Å². The summed E-state index contributed by atoms with van der Waals surface area (Å²) in [6, 6.07) is 4.11. The zero-order chi connectivity index (χ0) is 9.14. The van der Waals surface area contributed by atoms with E-state index in [4.69, 9.17) is 0 Å². The highest BCUT2D eigenvalue weighted by Gasteiger charge is 2.01. The fourth-order valence-corrected chi connectivity index (χ4v) is 1.29. The van der Waals surface area contributed by atoms with E-state index in [1.54, 1.807) is 0 Å². The molecule has 12 heavy (non-hydrogen) atoms. The minimum Gasteiger partial charge on any atom is -0.298 e. The molecule has 0 radical (unpaired) electrons. The van der Waals surface area contributed by atoms with Crippen LogP contribution < -0.4 is 0 Å². The molecule has 64 valence electrons.